The minimum Gasteiger partial charge on any atom is -0.348 e. The Morgan fingerprint density at radius 1 is 1.35 bits per heavy atom. The summed E-state index contributed by atoms with van der Waals surface area (Å²) in [6, 6.07) is 3.47. The molecule has 0 saturated heterocycles. The number of aromatic nitrogens is 2. The smallest absolute Gasteiger partial charge is 0.270 e. The second kappa shape index (κ2) is 5.38. The van der Waals surface area contributed by atoms with Crippen molar-refractivity contribution in [2.45, 2.75) is 13.0 Å². The van der Waals surface area contributed by atoms with E-state index in [1.165, 1.54) is 17.4 Å². The first-order valence-electron chi connectivity index (χ1n) is 6.93. The van der Waals surface area contributed by atoms with Gasteiger partial charge in [0.1, 0.15) is 17.3 Å². The van der Waals surface area contributed by atoms with Gasteiger partial charge in [-0.15, -0.1) is 11.3 Å². The lowest BCUT2D eigenvalue weighted by Gasteiger charge is -2.25. The fourth-order valence-electron chi connectivity index (χ4n) is 2.77. The maximum absolute atomic E-state index is 13.8. The van der Waals surface area contributed by atoms with Gasteiger partial charge in [0.2, 0.25) is 0 Å². The molecule has 1 aliphatic heterocycles. The molecule has 0 spiro atoms. The van der Waals surface area contributed by atoms with Crippen LogP contribution < -0.4 is 0 Å². The standard InChI is InChI=1S/C15H10BrF2N3OS/c16-15-20-10-3-4-21(6-12(10)23-15)14(22)11-5-7-8(17)1-2-9(18)13(7)19-11/h1-2,5,19H,3-4,6H2. The van der Waals surface area contributed by atoms with Gasteiger partial charge < -0.3 is 9.88 Å². The van der Waals surface area contributed by atoms with Crippen LogP contribution in [0.1, 0.15) is 21.1 Å². The van der Waals surface area contributed by atoms with Gasteiger partial charge >= 0.3 is 0 Å². The summed E-state index contributed by atoms with van der Waals surface area (Å²) in [5.41, 5.74) is 1.21. The van der Waals surface area contributed by atoms with Crippen LogP contribution in [0.25, 0.3) is 10.9 Å². The summed E-state index contributed by atoms with van der Waals surface area (Å²) < 4.78 is 28.3. The molecule has 0 bridgehead atoms. The van der Waals surface area contributed by atoms with Gasteiger partial charge in [0.25, 0.3) is 5.91 Å². The average Bonchev–Trinajstić information content (AvgIpc) is 3.13. The number of nitrogens with zero attached hydrogens (tertiary/aromatic N) is 2. The largest absolute Gasteiger partial charge is 0.348 e. The average molecular weight is 398 g/mol. The third-order valence-corrected chi connectivity index (χ3v) is 5.45. The summed E-state index contributed by atoms with van der Waals surface area (Å²) in [6.45, 7) is 0.986. The van der Waals surface area contributed by atoms with Crippen LogP contribution in [0.2, 0.25) is 0 Å². The zero-order valence-electron chi connectivity index (χ0n) is 11.7. The number of H-pyrrole nitrogens is 1. The van der Waals surface area contributed by atoms with E-state index in [1.807, 2.05) is 0 Å². The Bertz CT molecular complexity index is 897. The van der Waals surface area contributed by atoms with Crippen LogP contribution in [0.4, 0.5) is 8.78 Å². The molecule has 8 heteroatoms. The fourth-order valence-corrected chi connectivity index (χ4v) is 4.42. The number of nitrogens with one attached hydrogen (secondary N) is 1. The van der Waals surface area contributed by atoms with Gasteiger partial charge in [-0.05, 0) is 34.1 Å². The van der Waals surface area contributed by atoms with E-state index in [0.29, 0.717) is 19.5 Å². The lowest BCUT2D eigenvalue weighted by molar-refractivity contribution is 0.0731. The van der Waals surface area contributed by atoms with Crippen molar-refractivity contribution in [2.75, 3.05) is 6.54 Å². The molecule has 0 radical (unpaired) electrons. The topological polar surface area (TPSA) is 49.0 Å². The Morgan fingerprint density at radius 3 is 2.91 bits per heavy atom. The van der Waals surface area contributed by atoms with E-state index in [4.69, 9.17) is 0 Å². The SMILES string of the molecule is O=C(c1cc2c(F)ccc(F)c2[nH]1)N1CCc2nc(Br)sc2C1. The molecule has 1 amide bonds. The zero-order chi connectivity index (χ0) is 16.1. The van der Waals surface area contributed by atoms with Crippen LogP contribution in [-0.2, 0) is 13.0 Å². The number of thiazole rings is 1. The Hall–Kier alpha value is -1.80. The quantitative estimate of drug-likeness (QED) is 0.677. The second-order valence-corrected chi connectivity index (χ2v) is 7.67. The predicted octanol–water partition coefficient (Wildman–Crippen LogP) is 3.86. The van der Waals surface area contributed by atoms with Gasteiger partial charge in [-0.2, -0.15) is 0 Å². The van der Waals surface area contributed by atoms with Crippen LogP contribution >= 0.6 is 27.3 Å². The maximum atomic E-state index is 13.8. The molecule has 0 aliphatic carbocycles. The summed E-state index contributed by atoms with van der Waals surface area (Å²) in [5, 5.41) is 0.0894. The molecule has 3 aromatic rings. The van der Waals surface area contributed by atoms with Gasteiger partial charge in [-0.1, -0.05) is 0 Å². The number of aromatic amines is 1. The number of hydrogen-bond donors (Lipinski definition) is 1. The Kier molecular flexibility index (Phi) is 3.46. The first-order valence-corrected chi connectivity index (χ1v) is 8.54. The lowest BCUT2D eigenvalue weighted by atomic mass is 10.1. The van der Waals surface area contributed by atoms with Gasteiger partial charge in [-0.3, -0.25) is 4.79 Å². The Labute approximate surface area is 142 Å². The molecule has 0 saturated carbocycles. The van der Waals surface area contributed by atoms with E-state index >= 15 is 0 Å². The van der Waals surface area contributed by atoms with Crippen molar-refractivity contribution in [2.24, 2.45) is 0 Å². The molecular formula is C15H10BrF2N3OS. The monoisotopic (exact) mass is 397 g/mol. The van der Waals surface area contributed by atoms with E-state index in [0.717, 1.165) is 26.6 Å². The molecular weight excluding hydrogens is 388 g/mol. The zero-order valence-corrected chi connectivity index (χ0v) is 14.1. The highest BCUT2D eigenvalue weighted by Gasteiger charge is 2.26. The summed E-state index contributed by atoms with van der Waals surface area (Å²) in [4.78, 5) is 22.4. The summed E-state index contributed by atoms with van der Waals surface area (Å²) in [5.74, 6) is -1.40. The number of hydrogen-bond acceptors (Lipinski definition) is 3. The van der Waals surface area contributed by atoms with Crippen LogP contribution in [-0.4, -0.2) is 27.3 Å². The van der Waals surface area contributed by atoms with Crippen molar-refractivity contribution >= 4 is 44.1 Å². The third kappa shape index (κ3) is 2.46. The van der Waals surface area contributed by atoms with Gasteiger partial charge in [0, 0.05) is 23.2 Å². The molecule has 1 aliphatic rings. The highest BCUT2D eigenvalue weighted by molar-refractivity contribution is 9.11. The molecule has 0 fully saturated rings. The second-order valence-electron chi connectivity index (χ2n) is 5.31. The molecule has 0 unspecified atom stereocenters. The van der Waals surface area contributed by atoms with E-state index in [2.05, 4.69) is 25.9 Å². The Morgan fingerprint density at radius 2 is 2.13 bits per heavy atom. The van der Waals surface area contributed by atoms with Gasteiger partial charge in [0.15, 0.2) is 3.92 Å². The van der Waals surface area contributed by atoms with Gasteiger partial charge in [-0.25, -0.2) is 13.8 Å². The number of amides is 1. The molecule has 0 atom stereocenters. The maximum Gasteiger partial charge on any atom is 0.270 e. The summed E-state index contributed by atoms with van der Waals surface area (Å²) in [6.07, 6.45) is 0.673. The minimum absolute atomic E-state index is 0.0200. The molecule has 1 aromatic carbocycles. The summed E-state index contributed by atoms with van der Waals surface area (Å²) in [7, 11) is 0. The molecule has 1 N–H and O–H groups in total. The van der Waals surface area contributed by atoms with E-state index in [-0.39, 0.29) is 22.5 Å². The number of carbonyl (C=O) groups is 1. The van der Waals surface area contributed by atoms with E-state index in [1.54, 1.807) is 4.90 Å². The summed E-state index contributed by atoms with van der Waals surface area (Å²) >= 11 is 4.85. The fraction of sp³-hybridized carbons (Fsp3) is 0.200. The predicted molar refractivity (Wildman–Crippen MR) is 86.5 cm³/mol. The molecule has 4 nitrogen and oxygen atoms in total. The number of halogens is 3. The number of benzene rings is 1. The number of fused-ring (bicyclic) bond motifs is 2. The number of carbonyl (C=O) groups excluding carboxylic acids is 1. The minimum atomic E-state index is -0.576. The third-order valence-electron chi connectivity index (χ3n) is 3.91. The molecule has 23 heavy (non-hydrogen) atoms. The number of rotatable bonds is 1. The van der Waals surface area contributed by atoms with Crippen molar-refractivity contribution in [3.63, 3.8) is 0 Å². The first-order chi connectivity index (χ1) is 11.0. The van der Waals surface area contributed by atoms with Crippen LogP contribution in [0.15, 0.2) is 22.1 Å². The molecule has 118 valence electrons. The van der Waals surface area contributed by atoms with Crippen molar-refractivity contribution in [1.29, 1.82) is 0 Å². The molecule has 4 rings (SSSR count). The van der Waals surface area contributed by atoms with Gasteiger partial charge in [0.05, 0.1) is 17.8 Å². The first kappa shape index (κ1) is 14.8. The van der Waals surface area contributed by atoms with Crippen LogP contribution in [0.3, 0.4) is 0 Å². The Balaban J connectivity index is 1.67. The highest BCUT2D eigenvalue weighted by atomic mass is 79.9. The normalized spacial score (nSPS) is 14.3. The van der Waals surface area contributed by atoms with Crippen molar-refractivity contribution in [1.82, 2.24) is 14.9 Å². The van der Waals surface area contributed by atoms with E-state index < -0.39 is 11.6 Å². The van der Waals surface area contributed by atoms with E-state index in [9.17, 15) is 13.6 Å². The van der Waals surface area contributed by atoms with Crippen LogP contribution in [0.5, 0.6) is 0 Å². The lowest BCUT2D eigenvalue weighted by Crippen LogP contribution is -2.35. The highest BCUT2D eigenvalue weighted by Crippen LogP contribution is 2.29. The van der Waals surface area contributed by atoms with Crippen molar-refractivity contribution in [3.05, 3.63) is 50.0 Å². The van der Waals surface area contributed by atoms with Crippen molar-refractivity contribution in [3.8, 4) is 0 Å². The van der Waals surface area contributed by atoms with Crippen molar-refractivity contribution < 1.29 is 13.6 Å². The molecule has 3 heterocycles. The molecule has 2 aromatic heterocycles. The van der Waals surface area contributed by atoms with Crippen LogP contribution in [0, 0.1) is 11.6 Å².